The summed E-state index contributed by atoms with van der Waals surface area (Å²) >= 11 is 0. The molecule has 0 amide bonds. The van der Waals surface area contributed by atoms with Crippen molar-refractivity contribution in [3.8, 4) is 16.9 Å². The number of ketones is 1. The Morgan fingerprint density at radius 2 is 1.81 bits per heavy atom. The van der Waals surface area contributed by atoms with Gasteiger partial charge >= 0.3 is 12.1 Å². The highest BCUT2D eigenvalue weighted by molar-refractivity contribution is 6.40. The number of carboxylic acid groups (broad SMARTS) is 1. The highest BCUT2D eigenvalue weighted by atomic mass is 19.4. The molecule has 0 spiro atoms. The molecule has 3 rings (SSSR count). The first-order valence-corrected chi connectivity index (χ1v) is 7.79. The Hall–Kier alpha value is -3.42. The van der Waals surface area contributed by atoms with E-state index in [1.54, 1.807) is 25.1 Å². The molecular formula is C19H13F3N2O3. The average Bonchev–Trinajstić information content (AvgIpc) is 3.11. The minimum Gasteiger partial charge on any atom is -0.475 e. The lowest BCUT2D eigenvalue weighted by Crippen LogP contribution is -2.14. The number of benzene rings is 2. The molecule has 1 N–H and O–H groups in total. The second-order valence-electron chi connectivity index (χ2n) is 5.86. The molecule has 27 heavy (non-hydrogen) atoms. The molecule has 0 aliphatic rings. The van der Waals surface area contributed by atoms with Crippen LogP contribution in [-0.2, 0) is 11.0 Å². The molecule has 2 aromatic carbocycles. The fraction of sp³-hybridized carbons (Fsp3) is 0.105. The van der Waals surface area contributed by atoms with Gasteiger partial charge in [0.15, 0.2) is 0 Å². The Morgan fingerprint density at radius 1 is 1.07 bits per heavy atom. The average molecular weight is 374 g/mol. The van der Waals surface area contributed by atoms with Crippen molar-refractivity contribution in [1.29, 1.82) is 0 Å². The summed E-state index contributed by atoms with van der Waals surface area (Å²) in [5, 5.41) is 13.1. The third kappa shape index (κ3) is 3.74. The molecule has 138 valence electrons. The first-order valence-electron chi connectivity index (χ1n) is 7.79. The smallest absolute Gasteiger partial charge is 0.416 e. The van der Waals surface area contributed by atoms with Crippen LogP contribution in [0.5, 0.6) is 0 Å². The molecule has 0 aliphatic carbocycles. The van der Waals surface area contributed by atoms with E-state index >= 15 is 0 Å². The lowest BCUT2D eigenvalue weighted by Gasteiger charge is -2.08. The number of halogens is 3. The first kappa shape index (κ1) is 18.4. The summed E-state index contributed by atoms with van der Waals surface area (Å²) in [5.41, 5.74) is 0.853. The predicted molar refractivity (Wildman–Crippen MR) is 90.7 cm³/mol. The highest BCUT2D eigenvalue weighted by Crippen LogP contribution is 2.30. The number of hydrogen-bond acceptors (Lipinski definition) is 3. The van der Waals surface area contributed by atoms with E-state index in [-0.39, 0.29) is 11.3 Å². The zero-order valence-electron chi connectivity index (χ0n) is 14.0. The van der Waals surface area contributed by atoms with Crippen LogP contribution in [0.2, 0.25) is 0 Å². The zero-order valence-corrected chi connectivity index (χ0v) is 14.0. The van der Waals surface area contributed by atoms with Crippen molar-refractivity contribution >= 4 is 11.8 Å². The van der Waals surface area contributed by atoms with Gasteiger partial charge in [0.1, 0.15) is 0 Å². The van der Waals surface area contributed by atoms with Gasteiger partial charge in [-0.15, -0.1) is 0 Å². The van der Waals surface area contributed by atoms with E-state index in [0.29, 0.717) is 16.8 Å². The van der Waals surface area contributed by atoms with Crippen LogP contribution in [0.3, 0.4) is 0 Å². The topological polar surface area (TPSA) is 72.2 Å². The number of rotatable bonds is 4. The Labute approximate surface area is 151 Å². The Kier molecular flexibility index (Phi) is 4.57. The summed E-state index contributed by atoms with van der Waals surface area (Å²) < 4.78 is 39.9. The molecule has 0 unspecified atom stereocenters. The Morgan fingerprint density at radius 3 is 2.48 bits per heavy atom. The van der Waals surface area contributed by atoms with E-state index in [1.165, 1.54) is 29.1 Å². The van der Waals surface area contributed by atoms with E-state index < -0.39 is 23.5 Å². The number of alkyl halides is 3. The number of hydrogen-bond donors (Lipinski definition) is 1. The standard InChI is InChI=1S/C19H13F3N2O3/c1-11-5-6-12(9-15(11)17(25)18(26)27)16-7-8-24(23-16)14-4-2-3-13(10-14)19(20,21)22/h2-10H,1H3,(H,26,27). The minimum atomic E-state index is -4.46. The normalized spacial score (nSPS) is 11.4. The molecule has 1 aromatic heterocycles. The van der Waals surface area contributed by atoms with Crippen LogP contribution in [0.25, 0.3) is 16.9 Å². The number of carbonyl (C=O) groups is 2. The summed E-state index contributed by atoms with van der Waals surface area (Å²) in [6, 6.07) is 10.9. The molecule has 1 heterocycles. The van der Waals surface area contributed by atoms with Crippen molar-refractivity contribution in [2.24, 2.45) is 0 Å². The van der Waals surface area contributed by atoms with Gasteiger partial charge in [-0.05, 0) is 42.8 Å². The van der Waals surface area contributed by atoms with Crippen molar-refractivity contribution in [3.05, 3.63) is 71.4 Å². The van der Waals surface area contributed by atoms with Gasteiger partial charge in [0.2, 0.25) is 0 Å². The van der Waals surface area contributed by atoms with Gasteiger partial charge in [-0.3, -0.25) is 4.79 Å². The Bertz CT molecular complexity index is 1040. The third-order valence-corrected chi connectivity index (χ3v) is 4.00. The van der Waals surface area contributed by atoms with E-state index in [1.807, 2.05) is 0 Å². The summed E-state index contributed by atoms with van der Waals surface area (Å²) in [7, 11) is 0. The van der Waals surface area contributed by atoms with Crippen molar-refractivity contribution < 1.29 is 27.9 Å². The van der Waals surface area contributed by atoms with Crippen LogP contribution in [0.4, 0.5) is 13.2 Å². The highest BCUT2D eigenvalue weighted by Gasteiger charge is 2.30. The van der Waals surface area contributed by atoms with Crippen LogP contribution in [0.15, 0.2) is 54.7 Å². The maximum Gasteiger partial charge on any atom is 0.416 e. The number of carboxylic acids is 1. The van der Waals surface area contributed by atoms with Gasteiger partial charge in [-0.2, -0.15) is 18.3 Å². The van der Waals surface area contributed by atoms with E-state index in [9.17, 15) is 22.8 Å². The van der Waals surface area contributed by atoms with Crippen LogP contribution in [0.1, 0.15) is 21.5 Å². The number of aliphatic carboxylic acids is 1. The molecule has 0 bridgehead atoms. The molecule has 5 nitrogen and oxygen atoms in total. The van der Waals surface area contributed by atoms with E-state index in [2.05, 4.69) is 5.10 Å². The number of nitrogens with zero attached hydrogens (tertiary/aromatic N) is 2. The number of carbonyl (C=O) groups excluding carboxylic acids is 1. The monoisotopic (exact) mass is 374 g/mol. The van der Waals surface area contributed by atoms with Gasteiger partial charge in [-0.25, -0.2) is 9.48 Å². The second-order valence-corrected chi connectivity index (χ2v) is 5.86. The fourth-order valence-electron chi connectivity index (χ4n) is 2.59. The van der Waals surface area contributed by atoms with Crippen molar-refractivity contribution in [1.82, 2.24) is 9.78 Å². The van der Waals surface area contributed by atoms with Crippen molar-refractivity contribution in [3.63, 3.8) is 0 Å². The molecule has 0 atom stereocenters. The molecule has 3 aromatic rings. The van der Waals surface area contributed by atoms with Gasteiger partial charge in [0, 0.05) is 17.3 Å². The predicted octanol–water partition coefficient (Wildman–Crippen LogP) is 4.13. The van der Waals surface area contributed by atoms with Crippen molar-refractivity contribution in [2.45, 2.75) is 13.1 Å². The largest absolute Gasteiger partial charge is 0.475 e. The number of Topliss-reactive ketones (excluding diaryl/α,β-unsaturated/α-hetero) is 1. The molecule has 0 aliphatic heterocycles. The van der Waals surface area contributed by atoms with Gasteiger partial charge in [-0.1, -0.05) is 18.2 Å². The second kappa shape index (κ2) is 6.71. The van der Waals surface area contributed by atoms with Crippen LogP contribution in [0, 0.1) is 6.92 Å². The molecule has 0 saturated carbocycles. The quantitative estimate of drug-likeness (QED) is 0.550. The summed E-state index contributed by atoms with van der Waals surface area (Å²) in [6.45, 7) is 1.61. The minimum absolute atomic E-state index is 0.0358. The molecular weight excluding hydrogens is 361 g/mol. The van der Waals surface area contributed by atoms with Gasteiger partial charge in [0.05, 0.1) is 16.9 Å². The molecule has 0 fully saturated rings. The molecule has 0 radical (unpaired) electrons. The molecule has 8 heteroatoms. The van der Waals surface area contributed by atoms with Crippen molar-refractivity contribution in [2.75, 3.05) is 0 Å². The lowest BCUT2D eigenvalue weighted by atomic mass is 10.00. The summed E-state index contributed by atoms with van der Waals surface area (Å²) in [5.74, 6) is -2.60. The van der Waals surface area contributed by atoms with E-state index in [0.717, 1.165) is 12.1 Å². The van der Waals surface area contributed by atoms with Gasteiger partial charge in [0.25, 0.3) is 5.78 Å². The van der Waals surface area contributed by atoms with E-state index in [4.69, 9.17) is 5.11 Å². The zero-order chi connectivity index (χ0) is 19.8. The van der Waals surface area contributed by atoms with Crippen LogP contribution in [-0.4, -0.2) is 26.6 Å². The first-order chi connectivity index (χ1) is 12.7. The SMILES string of the molecule is Cc1ccc(-c2ccn(-c3cccc(C(F)(F)F)c3)n2)cc1C(=O)C(=O)O. The Balaban J connectivity index is 1.99. The fourth-order valence-corrected chi connectivity index (χ4v) is 2.59. The maximum atomic E-state index is 12.9. The molecule has 0 saturated heterocycles. The van der Waals surface area contributed by atoms with Crippen LogP contribution < -0.4 is 0 Å². The lowest BCUT2D eigenvalue weighted by molar-refractivity contribution is -0.137. The summed E-state index contributed by atoms with van der Waals surface area (Å²) in [4.78, 5) is 22.7. The number of aromatic nitrogens is 2. The maximum absolute atomic E-state index is 12.9. The van der Waals surface area contributed by atoms with Crippen LogP contribution >= 0.6 is 0 Å². The summed E-state index contributed by atoms with van der Waals surface area (Å²) in [6.07, 6.45) is -2.97. The van der Waals surface area contributed by atoms with Gasteiger partial charge < -0.3 is 5.11 Å². The number of aryl methyl sites for hydroxylation is 1. The third-order valence-electron chi connectivity index (χ3n) is 4.00.